The van der Waals surface area contributed by atoms with Crippen molar-refractivity contribution in [3.63, 3.8) is 0 Å². The molecule has 0 aromatic carbocycles. The number of urea groups is 1. The highest BCUT2D eigenvalue weighted by atomic mass is 32.2. The molecule has 0 bridgehead atoms. The van der Waals surface area contributed by atoms with Crippen molar-refractivity contribution in [3.05, 3.63) is 41.7 Å². The van der Waals surface area contributed by atoms with Crippen molar-refractivity contribution >= 4 is 41.0 Å². The van der Waals surface area contributed by atoms with Gasteiger partial charge >= 0.3 is 6.03 Å². The monoisotopic (exact) mass is 356 g/mol. The Balaban J connectivity index is 1.40. The van der Waals surface area contributed by atoms with Gasteiger partial charge < -0.3 is 5.32 Å². The lowest BCUT2D eigenvalue weighted by molar-refractivity contribution is -0.126. The third kappa shape index (κ3) is 2.70. The van der Waals surface area contributed by atoms with E-state index in [2.05, 4.69) is 20.4 Å². The molecule has 4 heterocycles. The average molecular weight is 356 g/mol. The maximum absolute atomic E-state index is 12.3. The van der Waals surface area contributed by atoms with Crippen LogP contribution < -0.4 is 5.32 Å². The van der Waals surface area contributed by atoms with Crippen molar-refractivity contribution < 1.29 is 14.4 Å². The van der Waals surface area contributed by atoms with Crippen LogP contribution in [0, 0.1) is 0 Å². The van der Waals surface area contributed by atoms with E-state index in [4.69, 9.17) is 0 Å². The Morgan fingerprint density at radius 2 is 2.24 bits per heavy atom. The van der Waals surface area contributed by atoms with E-state index in [1.165, 1.54) is 22.5 Å². The van der Waals surface area contributed by atoms with Gasteiger partial charge in [0.2, 0.25) is 5.91 Å². The molecule has 2 aliphatic heterocycles. The molecule has 0 aliphatic carbocycles. The topological polar surface area (TPSA) is 109 Å². The third-order valence-electron chi connectivity index (χ3n) is 3.81. The quantitative estimate of drug-likeness (QED) is 0.854. The van der Waals surface area contributed by atoms with Crippen LogP contribution in [0.25, 0.3) is 5.65 Å². The summed E-state index contributed by atoms with van der Waals surface area (Å²) in [6.45, 7) is 0.181. The molecule has 9 nitrogen and oxygen atoms in total. The van der Waals surface area contributed by atoms with Gasteiger partial charge in [-0.3, -0.25) is 14.5 Å². The van der Waals surface area contributed by atoms with Gasteiger partial charge in [0.1, 0.15) is 10.8 Å². The molecular weight excluding hydrogens is 344 g/mol. The van der Waals surface area contributed by atoms with Crippen molar-refractivity contribution in [1.29, 1.82) is 0 Å². The first-order chi connectivity index (χ1) is 12.1. The Kier molecular flexibility index (Phi) is 3.80. The van der Waals surface area contributed by atoms with Crippen LogP contribution in [0.5, 0.6) is 0 Å². The summed E-state index contributed by atoms with van der Waals surface area (Å²) in [4.78, 5) is 45.6. The molecule has 2 aliphatic rings. The molecule has 1 atom stereocenters. The van der Waals surface area contributed by atoms with Crippen LogP contribution in [-0.2, 0) is 4.79 Å². The van der Waals surface area contributed by atoms with E-state index in [1.807, 2.05) is 0 Å². The fraction of sp³-hybridized carbons (Fsp3) is 0.200. The second kappa shape index (κ2) is 6.13. The van der Waals surface area contributed by atoms with E-state index in [9.17, 15) is 14.4 Å². The van der Waals surface area contributed by atoms with Gasteiger partial charge in [-0.25, -0.2) is 14.3 Å². The van der Waals surface area contributed by atoms with Gasteiger partial charge in [-0.2, -0.15) is 10.1 Å². The van der Waals surface area contributed by atoms with E-state index >= 15 is 0 Å². The number of amides is 4. The molecule has 10 heteroatoms. The first kappa shape index (κ1) is 15.5. The molecule has 4 rings (SSSR count). The van der Waals surface area contributed by atoms with Gasteiger partial charge in [-0.1, -0.05) is 0 Å². The molecule has 2 aromatic rings. The molecule has 1 unspecified atom stereocenters. The summed E-state index contributed by atoms with van der Waals surface area (Å²) in [6.07, 6.45) is 6.35. The number of imide groups is 1. The lowest BCUT2D eigenvalue weighted by Gasteiger charge is -2.25. The highest BCUT2D eigenvalue weighted by Gasteiger charge is 2.38. The number of allylic oxidation sites excluding steroid dienone is 1. The van der Waals surface area contributed by atoms with Crippen LogP contribution >= 0.6 is 11.8 Å². The normalized spacial score (nSPS) is 19.3. The van der Waals surface area contributed by atoms with E-state index in [-0.39, 0.29) is 24.9 Å². The molecule has 1 N–H and O–H groups in total. The molecule has 126 valence electrons. The number of nitrogens with one attached hydrogen (secondary N) is 1. The van der Waals surface area contributed by atoms with E-state index < -0.39 is 11.3 Å². The van der Waals surface area contributed by atoms with Gasteiger partial charge in [0.15, 0.2) is 5.65 Å². The van der Waals surface area contributed by atoms with Gasteiger partial charge in [0.05, 0.1) is 11.9 Å². The highest BCUT2D eigenvalue weighted by Crippen LogP contribution is 2.27. The number of nitrogens with zero attached hydrogens (tertiary/aromatic N) is 5. The first-order valence-corrected chi connectivity index (χ1v) is 8.42. The smallest absolute Gasteiger partial charge is 0.350 e. The largest absolute Gasteiger partial charge is 0.350 e. The lowest BCUT2D eigenvalue weighted by atomic mass is 10.2. The van der Waals surface area contributed by atoms with Crippen molar-refractivity contribution in [2.75, 3.05) is 13.1 Å². The summed E-state index contributed by atoms with van der Waals surface area (Å²) in [5.41, 5.74) is 1.25. The Labute approximate surface area is 145 Å². The summed E-state index contributed by atoms with van der Waals surface area (Å²) in [5.74, 6) is -0.677. The van der Waals surface area contributed by atoms with Gasteiger partial charge in [-0.15, -0.1) is 11.8 Å². The SMILES string of the molecule is O=C(NCCN1C(=O)N=C2C=CSC2C1=O)c1cnn2cccnc12. The average Bonchev–Trinajstić information content (AvgIpc) is 3.24. The molecule has 0 saturated heterocycles. The summed E-state index contributed by atoms with van der Waals surface area (Å²) in [7, 11) is 0. The number of carbonyl (C=O) groups excluding carboxylic acids is 3. The number of carbonyl (C=O) groups is 3. The van der Waals surface area contributed by atoms with E-state index in [0.717, 1.165) is 4.90 Å². The Bertz CT molecular complexity index is 950. The van der Waals surface area contributed by atoms with Crippen LogP contribution in [-0.4, -0.2) is 61.4 Å². The minimum Gasteiger partial charge on any atom is -0.350 e. The molecule has 0 fully saturated rings. The maximum Gasteiger partial charge on any atom is 0.350 e. The van der Waals surface area contributed by atoms with Crippen LogP contribution in [0.2, 0.25) is 0 Å². The number of fused-ring (bicyclic) bond motifs is 2. The van der Waals surface area contributed by atoms with Crippen LogP contribution in [0.3, 0.4) is 0 Å². The number of aliphatic imine (C=N–C) groups is 1. The highest BCUT2D eigenvalue weighted by molar-refractivity contribution is 8.04. The Morgan fingerprint density at radius 1 is 1.36 bits per heavy atom. The summed E-state index contributed by atoms with van der Waals surface area (Å²) in [6, 6.07) is 1.11. The molecular formula is C15H12N6O3S. The Morgan fingerprint density at radius 3 is 3.12 bits per heavy atom. The lowest BCUT2D eigenvalue weighted by Crippen LogP contribution is -2.49. The summed E-state index contributed by atoms with van der Waals surface area (Å²) in [5, 5.41) is 8.01. The van der Waals surface area contributed by atoms with Gasteiger partial charge in [0, 0.05) is 25.5 Å². The molecule has 25 heavy (non-hydrogen) atoms. The van der Waals surface area contributed by atoms with Crippen LogP contribution in [0.1, 0.15) is 10.4 Å². The zero-order valence-corrected chi connectivity index (χ0v) is 13.6. The molecule has 4 amide bonds. The number of rotatable bonds is 4. The summed E-state index contributed by atoms with van der Waals surface area (Å²) >= 11 is 1.32. The van der Waals surface area contributed by atoms with Crippen molar-refractivity contribution in [3.8, 4) is 0 Å². The molecule has 0 spiro atoms. The predicted molar refractivity (Wildman–Crippen MR) is 90.4 cm³/mol. The standard InChI is InChI=1S/C15H12N6O3S/c22-13(9-8-18-21-5-1-3-16-12(9)21)17-4-6-20-14(23)11-10(2-7-25-11)19-15(20)24/h1-3,5,7-8,11H,4,6H2,(H,17,22). The minimum absolute atomic E-state index is 0.0594. The second-order valence-electron chi connectivity index (χ2n) is 5.33. The first-order valence-electron chi connectivity index (χ1n) is 7.47. The van der Waals surface area contributed by atoms with Gasteiger partial charge in [-0.05, 0) is 17.6 Å². The van der Waals surface area contributed by atoms with Crippen molar-refractivity contribution in [1.82, 2.24) is 24.8 Å². The maximum atomic E-state index is 12.3. The van der Waals surface area contributed by atoms with Crippen LogP contribution in [0.15, 0.2) is 41.1 Å². The Hall–Kier alpha value is -3.01. The second-order valence-corrected chi connectivity index (χ2v) is 6.35. The molecule has 0 radical (unpaired) electrons. The molecule has 2 aromatic heterocycles. The zero-order valence-electron chi connectivity index (χ0n) is 12.8. The number of aromatic nitrogens is 3. The van der Waals surface area contributed by atoms with Crippen LogP contribution in [0.4, 0.5) is 4.79 Å². The van der Waals surface area contributed by atoms with E-state index in [0.29, 0.717) is 16.9 Å². The van der Waals surface area contributed by atoms with E-state index in [1.54, 1.807) is 29.9 Å². The zero-order chi connectivity index (χ0) is 17.4. The van der Waals surface area contributed by atoms with Crippen molar-refractivity contribution in [2.45, 2.75) is 5.25 Å². The van der Waals surface area contributed by atoms with Gasteiger partial charge in [0.25, 0.3) is 5.91 Å². The number of hydrogen-bond donors (Lipinski definition) is 1. The third-order valence-corrected chi connectivity index (χ3v) is 4.82. The minimum atomic E-state index is -0.602. The predicted octanol–water partition coefficient (Wildman–Crippen LogP) is 0.491. The van der Waals surface area contributed by atoms with Crippen molar-refractivity contribution in [2.24, 2.45) is 4.99 Å². The molecule has 0 saturated carbocycles. The fourth-order valence-corrected chi connectivity index (χ4v) is 3.49. The summed E-state index contributed by atoms with van der Waals surface area (Å²) < 4.78 is 1.49. The fourth-order valence-electron chi connectivity index (χ4n) is 2.60. The number of hydrogen-bond acceptors (Lipinski definition) is 6. The number of thioether (sulfide) groups is 1.